The van der Waals surface area contributed by atoms with Crippen LogP contribution in [0.1, 0.15) is 38.2 Å². The maximum atomic E-state index is 13.8. The predicted octanol–water partition coefficient (Wildman–Crippen LogP) is 3.39. The van der Waals surface area contributed by atoms with Crippen molar-refractivity contribution in [2.45, 2.75) is 44.8 Å². The zero-order valence-corrected chi connectivity index (χ0v) is 19.4. The van der Waals surface area contributed by atoms with Crippen molar-refractivity contribution in [3.63, 3.8) is 0 Å². The molecular formula is C21H34FIN4O. The fourth-order valence-electron chi connectivity index (χ4n) is 3.92. The first-order chi connectivity index (χ1) is 13.1. The van der Waals surface area contributed by atoms with Gasteiger partial charge in [0.15, 0.2) is 5.96 Å². The van der Waals surface area contributed by atoms with Crippen molar-refractivity contribution in [1.29, 1.82) is 0 Å². The molecule has 2 N–H and O–H groups in total. The highest BCUT2D eigenvalue weighted by atomic mass is 127. The van der Waals surface area contributed by atoms with E-state index in [0.29, 0.717) is 12.5 Å². The molecule has 0 amide bonds. The Bertz CT molecular complexity index is 629. The minimum Gasteiger partial charge on any atom is -0.373 e. The minimum absolute atomic E-state index is 0. The highest BCUT2D eigenvalue weighted by Crippen LogP contribution is 2.24. The lowest BCUT2D eigenvalue weighted by atomic mass is 9.96. The van der Waals surface area contributed by atoms with E-state index in [2.05, 4.69) is 27.4 Å². The number of aliphatic imine (C=N–C) groups is 1. The molecule has 5 nitrogen and oxygen atoms in total. The van der Waals surface area contributed by atoms with Crippen molar-refractivity contribution in [2.75, 3.05) is 39.8 Å². The molecular weight excluding hydrogens is 470 g/mol. The number of guanidine groups is 1. The molecule has 0 saturated carbocycles. The summed E-state index contributed by atoms with van der Waals surface area (Å²) in [6, 6.07) is 7.08. The maximum absolute atomic E-state index is 13.8. The van der Waals surface area contributed by atoms with Gasteiger partial charge in [-0.2, -0.15) is 0 Å². The summed E-state index contributed by atoms with van der Waals surface area (Å²) in [6.07, 6.45) is 4.48. The summed E-state index contributed by atoms with van der Waals surface area (Å²) < 4.78 is 19.6. The van der Waals surface area contributed by atoms with Crippen molar-refractivity contribution in [3.8, 4) is 0 Å². The van der Waals surface area contributed by atoms with Crippen molar-refractivity contribution in [1.82, 2.24) is 15.5 Å². The van der Waals surface area contributed by atoms with E-state index in [-0.39, 0.29) is 35.4 Å². The number of hydrogen-bond acceptors (Lipinski definition) is 3. The molecule has 2 heterocycles. The minimum atomic E-state index is -0.101. The first-order valence-corrected chi connectivity index (χ1v) is 10.1. The summed E-state index contributed by atoms with van der Waals surface area (Å²) in [6.45, 7) is 7.45. The highest BCUT2D eigenvalue weighted by molar-refractivity contribution is 14.0. The third-order valence-corrected chi connectivity index (χ3v) is 5.77. The van der Waals surface area contributed by atoms with Crippen LogP contribution in [0.2, 0.25) is 0 Å². The molecule has 0 bridgehead atoms. The van der Waals surface area contributed by atoms with E-state index in [1.54, 1.807) is 12.1 Å². The molecule has 0 spiro atoms. The lowest BCUT2D eigenvalue weighted by Crippen LogP contribution is -2.47. The van der Waals surface area contributed by atoms with Gasteiger partial charge in [-0.25, -0.2) is 4.39 Å². The van der Waals surface area contributed by atoms with E-state index >= 15 is 0 Å². The second-order valence-electron chi connectivity index (χ2n) is 8.02. The van der Waals surface area contributed by atoms with Crippen LogP contribution in [0.15, 0.2) is 29.3 Å². The zero-order valence-electron chi connectivity index (χ0n) is 17.0. The van der Waals surface area contributed by atoms with Crippen LogP contribution in [0.25, 0.3) is 0 Å². The number of hydrogen-bond donors (Lipinski definition) is 2. The van der Waals surface area contributed by atoms with Gasteiger partial charge < -0.3 is 15.4 Å². The molecule has 2 fully saturated rings. The van der Waals surface area contributed by atoms with Crippen LogP contribution in [0, 0.1) is 11.7 Å². The van der Waals surface area contributed by atoms with Crippen molar-refractivity contribution >= 4 is 29.9 Å². The second kappa shape index (κ2) is 11.3. The van der Waals surface area contributed by atoms with Crippen molar-refractivity contribution in [2.24, 2.45) is 10.9 Å². The van der Waals surface area contributed by atoms with E-state index in [1.165, 1.54) is 0 Å². The van der Waals surface area contributed by atoms with Gasteiger partial charge >= 0.3 is 0 Å². The second-order valence-corrected chi connectivity index (χ2v) is 8.02. The Labute approximate surface area is 185 Å². The molecule has 1 unspecified atom stereocenters. The number of nitrogens with one attached hydrogen (secondary N) is 2. The molecule has 28 heavy (non-hydrogen) atoms. The van der Waals surface area contributed by atoms with E-state index < -0.39 is 0 Å². The summed E-state index contributed by atoms with van der Waals surface area (Å²) in [5.41, 5.74) is 0.719. The zero-order chi connectivity index (χ0) is 19.1. The van der Waals surface area contributed by atoms with Gasteiger partial charge in [-0.15, -0.1) is 24.0 Å². The van der Waals surface area contributed by atoms with Gasteiger partial charge in [0.05, 0.1) is 5.60 Å². The van der Waals surface area contributed by atoms with Crippen molar-refractivity contribution < 1.29 is 9.13 Å². The number of nitrogens with zero attached hydrogens (tertiary/aromatic N) is 2. The number of benzene rings is 1. The number of rotatable bonds is 6. The molecule has 1 aromatic carbocycles. The van der Waals surface area contributed by atoms with Gasteiger partial charge in [0.1, 0.15) is 5.82 Å². The molecule has 2 aliphatic heterocycles. The van der Waals surface area contributed by atoms with Gasteiger partial charge in [-0.3, -0.25) is 9.89 Å². The lowest BCUT2D eigenvalue weighted by molar-refractivity contribution is 0.0242. The van der Waals surface area contributed by atoms with Crippen LogP contribution in [-0.4, -0.2) is 56.3 Å². The summed E-state index contributed by atoms with van der Waals surface area (Å²) in [7, 11) is 1.81. The lowest BCUT2D eigenvalue weighted by Gasteiger charge is -2.32. The molecule has 2 aliphatic rings. The summed E-state index contributed by atoms with van der Waals surface area (Å²) in [5.74, 6) is 1.37. The van der Waals surface area contributed by atoms with Crippen LogP contribution in [-0.2, 0) is 11.3 Å². The standard InChI is InChI=1S/C21H33FN4O.HI/c1-21(10-5-13-27-21)16-25-20(23-2)24-14-17-8-11-26(12-9-17)15-18-6-3-4-7-19(18)22;/h3-4,6-7,17H,5,8-16H2,1-2H3,(H2,23,24,25);1H. The summed E-state index contributed by atoms with van der Waals surface area (Å²) >= 11 is 0. The molecule has 1 aromatic rings. The Morgan fingerprint density at radius 3 is 2.68 bits per heavy atom. The van der Waals surface area contributed by atoms with Crippen LogP contribution in [0.4, 0.5) is 4.39 Å². The fraction of sp³-hybridized carbons (Fsp3) is 0.667. The van der Waals surface area contributed by atoms with E-state index in [4.69, 9.17) is 4.74 Å². The third kappa shape index (κ3) is 6.84. The van der Waals surface area contributed by atoms with E-state index in [9.17, 15) is 4.39 Å². The van der Waals surface area contributed by atoms with Crippen molar-refractivity contribution in [3.05, 3.63) is 35.6 Å². The largest absolute Gasteiger partial charge is 0.373 e. The van der Waals surface area contributed by atoms with E-state index in [1.807, 2.05) is 19.2 Å². The number of likely N-dealkylation sites (tertiary alicyclic amines) is 1. The topological polar surface area (TPSA) is 48.9 Å². The normalized spacial score (nSPS) is 24.0. The Morgan fingerprint density at radius 2 is 2.04 bits per heavy atom. The Morgan fingerprint density at radius 1 is 1.29 bits per heavy atom. The molecule has 2 saturated heterocycles. The Balaban J connectivity index is 0.00000280. The average Bonchev–Trinajstić information content (AvgIpc) is 3.12. The smallest absolute Gasteiger partial charge is 0.191 e. The number of halogens is 2. The third-order valence-electron chi connectivity index (χ3n) is 5.77. The molecule has 1 atom stereocenters. The van der Waals surface area contributed by atoms with Gasteiger partial charge in [0, 0.05) is 38.9 Å². The molecule has 158 valence electrons. The van der Waals surface area contributed by atoms with Crippen LogP contribution in [0.3, 0.4) is 0 Å². The summed E-state index contributed by atoms with van der Waals surface area (Å²) in [4.78, 5) is 6.68. The quantitative estimate of drug-likeness (QED) is 0.355. The number of ether oxygens (including phenoxy) is 1. The van der Waals surface area contributed by atoms with Crippen LogP contribution in [0.5, 0.6) is 0 Å². The molecule has 0 aromatic heterocycles. The molecule has 3 rings (SSSR count). The predicted molar refractivity (Wildman–Crippen MR) is 123 cm³/mol. The Kier molecular flexibility index (Phi) is 9.43. The van der Waals surface area contributed by atoms with Crippen LogP contribution < -0.4 is 10.6 Å². The summed E-state index contributed by atoms with van der Waals surface area (Å²) in [5, 5.41) is 6.86. The van der Waals surface area contributed by atoms with E-state index in [0.717, 1.165) is 70.0 Å². The maximum Gasteiger partial charge on any atom is 0.191 e. The molecule has 0 aliphatic carbocycles. The molecule has 7 heteroatoms. The monoisotopic (exact) mass is 504 g/mol. The first-order valence-electron chi connectivity index (χ1n) is 10.1. The van der Waals surface area contributed by atoms with Gasteiger partial charge in [0.2, 0.25) is 0 Å². The first kappa shape index (κ1) is 23.3. The van der Waals surface area contributed by atoms with Crippen LogP contribution >= 0.6 is 24.0 Å². The van der Waals surface area contributed by atoms with Gasteiger partial charge in [0.25, 0.3) is 0 Å². The highest BCUT2D eigenvalue weighted by Gasteiger charge is 2.29. The Hall–Kier alpha value is -0.930. The fourth-order valence-corrected chi connectivity index (χ4v) is 3.92. The molecule has 0 radical (unpaired) electrons. The van der Waals surface area contributed by atoms with Gasteiger partial charge in [-0.1, -0.05) is 18.2 Å². The average molecular weight is 504 g/mol. The van der Waals surface area contributed by atoms with Gasteiger partial charge in [-0.05, 0) is 57.7 Å². The number of piperidine rings is 1. The SMILES string of the molecule is CN=C(NCC1CCN(Cc2ccccc2F)CC1)NCC1(C)CCCO1.I.